The number of fused-ring (bicyclic) bond motifs is 2. The molecule has 2 aliphatic rings. The maximum absolute atomic E-state index is 6.46. The SMILES string of the molecule is COc1ccc2c(c1)CC1(CCN(c3nc(C)c(-c4ccncc4Cl)n4nccc34)CC1)C2.Cl. The van der Waals surface area contributed by atoms with Crippen molar-refractivity contribution in [2.24, 2.45) is 5.41 Å². The normalized spacial score (nSPS) is 16.5. The maximum atomic E-state index is 6.46. The smallest absolute Gasteiger partial charge is 0.155 e. The number of halogens is 2. The molecule has 0 amide bonds. The lowest BCUT2D eigenvalue weighted by Crippen LogP contribution is -2.41. The molecule has 0 N–H and O–H groups in total. The van der Waals surface area contributed by atoms with Crippen molar-refractivity contribution in [1.82, 2.24) is 19.6 Å². The Morgan fingerprint density at radius 2 is 1.82 bits per heavy atom. The van der Waals surface area contributed by atoms with Crippen molar-refractivity contribution >= 4 is 35.3 Å². The molecule has 8 heteroatoms. The Bertz CT molecular complexity index is 1360. The molecule has 4 aromatic rings. The summed E-state index contributed by atoms with van der Waals surface area (Å²) in [5.41, 5.74) is 7.02. The number of nitrogens with zero attached hydrogens (tertiary/aromatic N) is 5. The second kappa shape index (κ2) is 8.75. The summed E-state index contributed by atoms with van der Waals surface area (Å²) in [5.74, 6) is 1.96. The molecule has 0 bridgehead atoms. The summed E-state index contributed by atoms with van der Waals surface area (Å²) in [4.78, 5) is 11.6. The number of rotatable bonds is 3. The molecular formula is C26H27Cl2N5O. The highest BCUT2D eigenvalue weighted by Crippen LogP contribution is 2.46. The van der Waals surface area contributed by atoms with Crippen LogP contribution in [0.4, 0.5) is 5.82 Å². The van der Waals surface area contributed by atoms with Gasteiger partial charge in [-0.15, -0.1) is 12.4 Å². The molecule has 1 aromatic carbocycles. The average Bonchev–Trinajstić information content (AvgIpc) is 3.44. The topological polar surface area (TPSA) is 55.5 Å². The van der Waals surface area contributed by atoms with E-state index in [0.29, 0.717) is 10.4 Å². The zero-order chi connectivity index (χ0) is 22.6. The van der Waals surface area contributed by atoms with Gasteiger partial charge in [0.1, 0.15) is 11.3 Å². The predicted octanol–water partition coefficient (Wildman–Crippen LogP) is 5.57. The Morgan fingerprint density at radius 1 is 1.03 bits per heavy atom. The first-order valence-electron chi connectivity index (χ1n) is 11.4. The van der Waals surface area contributed by atoms with Crippen LogP contribution >= 0.6 is 24.0 Å². The first kappa shape index (κ1) is 22.9. The van der Waals surface area contributed by atoms with Crippen LogP contribution in [0.3, 0.4) is 0 Å². The minimum absolute atomic E-state index is 0. The highest BCUT2D eigenvalue weighted by molar-refractivity contribution is 6.33. The van der Waals surface area contributed by atoms with Gasteiger partial charge in [0.05, 0.1) is 29.7 Å². The number of piperidine rings is 1. The molecule has 6 nitrogen and oxygen atoms in total. The van der Waals surface area contributed by atoms with Gasteiger partial charge in [0.15, 0.2) is 5.82 Å². The lowest BCUT2D eigenvalue weighted by atomic mass is 9.76. The van der Waals surface area contributed by atoms with Crippen LogP contribution < -0.4 is 9.64 Å². The van der Waals surface area contributed by atoms with E-state index in [1.807, 2.05) is 29.8 Å². The van der Waals surface area contributed by atoms with E-state index in [1.54, 1.807) is 19.5 Å². The summed E-state index contributed by atoms with van der Waals surface area (Å²) in [5, 5.41) is 5.23. The molecular weight excluding hydrogens is 469 g/mol. The Morgan fingerprint density at radius 3 is 2.59 bits per heavy atom. The molecule has 1 spiro atoms. The van der Waals surface area contributed by atoms with E-state index in [2.05, 4.69) is 33.2 Å². The molecule has 1 saturated heterocycles. The molecule has 1 aliphatic carbocycles. The molecule has 3 aromatic heterocycles. The number of methoxy groups -OCH3 is 1. The molecule has 6 rings (SSSR count). The van der Waals surface area contributed by atoms with Gasteiger partial charge in [-0.25, -0.2) is 9.50 Å². The van der Waals surface area contributed by atoms with Gasteiger partial charge in [-0.2, -0.15) is 5.10 Å². The molecule has 0 unspecified atom stereocenters. The van der Waals surface area contributed by atoms with Crippen LogP contribution in [0.15, 0.2) is 48.9 Å². The fourth-order valence-corrected chi connectivity index (χ4v) is 5.87. The molecule has 1 fully saturated rings. The summed E-state index contributed by atoms with van der Waals surface area (Å²) in [6, 6.07) is 10.5. The molecule has 34 heavy (non-hydrogen) atoms. The first-order chi connectivity index (χ1) is 16.1. The third-order valence-electron chi connectivity index (χ3n) is 7.40. The highest BCUT2D eigenvalue weighted by Gasteiger charge is 2.40. The third-order valence-corrected chi connectivity index (χ3v) is 7.70. The molecule has 0 radical (unpaired) electrons. The van der Waals surface area contributed by atoms with E-state index in [4.69, 9.17) is 21.3 Å². The van der Waals surface area contributed by atoms with Crippen molar-refractivity contribution in [2.75, 3.05) is 25.1 Å². The number of anilines is 1. The monoisotopic (exact) mass is 495 g/mol. The van der Waals surface area contributed by atoms with Crippen LogP contribution in [-0.2, 0) is 12.8 Å². The standard InChI is InChI=1S/C26H26ClN5O.ClH/c1-17-24(21-5-9-28-16-22(21)27)32-23(6-10-29-32)25(30-17)31-11-7-26(8-12-31)14-18-3-4-20(33-2)13-19(18)15-26;/h3-6,9-10,13,16H,7-8,11-12,14-15H2,1-2H3;1H. The fraction of sp³-hybridized carbons (Fsp3) is 0.346. The van der Waals surface area contributed by atoms with E-state index >= 15 is 0 Å². The van der Waals surface area contributed by atoms with E-state index in [1.165, 1.54) is 11.1 Å². The summed E-state index contributed by atoms with van der Waals surface area (Å²) in [7, 11) is 1.74. The van der Waals surface area contributed by atoms with E-state index in [9.17, 15) is 0 Å². The number of benzene rings is 1. The van der Waals surface area contributed by atoms with Crippen molar-refractivity contribution in [3.63, 3.8) is 0 Å². The minimum Gasteiger partial charge on any atom is -0.497 e. The van der Waals surface area contributed by atoms with Crippen molar-refractivity contribution in [2.45, 2.75) is 32.6 Å². The van der Waals surface area contributed by atoms with Crippen molar-refractivity contribution in [3.05, 3.63) is 70.8 Å². The Hall–Kier alpha value is -2.83. The van der Waals surface area contributed by atoms with Crippen LogP contribution in [0.2, 0.25) is 5.02 Å². The number of hydrogen-bond acceptors (Lipinski definition) is 5. The second-order valence-corrected chi connectivity index (χ2v) is 9.74. The molecule has 0 saturated carbocycles. The number of pyridine rings is 1. The summed E-state index contributed by atoms with van der Waals surface area (Å²) >= 11 is 6.46. The van der Waals surface area contributed by atoms with E-state index < -0.39 is 0 Å². The lowest BCUT2D eigenvalue weighted by molar-refractivity contribution is 0.232. The van der Waals surface area contributed by atoms with Gasteiger partial charge >= 0.3 is 0 Å². The largest absolute Gasteiger partial charge is 0.497 e. The van der Waals surface area contributed by atoms with Crippen molar-refractivity contribution < 1.29 is 4.74 Å². The molecule has 4 heterocycles. The van der Waals surface area contributed by atoms with Gasteiger partial charge in [0, 0.05) is 31.0 Å². The number of hydrogen-bond donors (Lipinski definition) is 0. The zero-order valence-corrected chi connectivity index (χ0v) is 20.9. The second-order valence-electron chi connectivity index (χ2n) is 9.33. The summed E-state index contributed by atoms with van der Waals surface area (Å²) < 4.78 is 7.42. The summed E-state index contributed by atoms with van der Waals surface area (Å²) in [6.45, 7) is 4.02. The average molecular weight is 496 g/mol. The van der Waals surface area contributed by atoms with Gasteiger partial charge in [-0.1, -0.05) is 17.7 Å². The number of aromatic nitrogens is 4. The maximum Gasteiger partial charge on any atom is 0.155 e. The summed E-state index contributed by atoms with van der Waals surface area (Å²) in [6.07, 6.45) is 9.87. The van der Waals surface area contributed by atoms with Crippen LogP contribution in [0.5, 0.6) is 5.75 Å². The van der Waals surface area contributed by atoms with Gasteiger partial charge in [-0.3, -0.25) is 4.98 Å². The van der Waals surface area contributed by atoms with Crippen LogP contribution in [0, 0.1) is 12.3 Å². The predicted molar refractivity (Wildman–Crippen MR) is 137 cm³/mol. The van der Waals surface area contributed by atoms with Crippen LogP contribution in [0.25, 0.3) is 16.8 Å². The third kappa shape index (κ3) is 3.69. The van der Waals surface area contributed by atoms with E-state index in [0.717, 1.165) is 72.8 Å². The van der Waals surface area contributed by atoms with Gasteiger partial charge in [0.2, 0.25) is 0 Å². The molecule has 176 valence electrons. The number of ether oxygens (including phenoxy) is 1. The minimum atomic E-state index is 0. The first-order valence-corrected chi connectivity index (χ1v) is 11.8. The number of aryl methyl sites for hydroxylation is 1. The van der Waals surface area contributed by atoms with Gasteiger partial charge < -0.3 is 9.64 Å². The Kier molecular flexibility index (Phi) is 5.90. The van der Waals surface area contributed by atoms with Crippen LogP contribution in [0.1, 0.15) is 29.7 Å². The van der Waals surface area contributed by atoms with Crippen molar-refractivity contribution in [3.8, 4) is 17.0 Å². The van der Waals surface area contributed by atoms with Crippen LogP contribution in [-0.4, -0.2) is 39.8 Å². The fourth-order valence-electron chi connectivity index (χ4n) is 5.67. The molecule has 0 atom stereocenters. The molecule has 1 aliphatic heterocycles. The Labute approximate surface area is 210 Å². The van der Waals surface area contributed by atoms with Crippen molar-refractivity contribution in [1.29, 1.82) is 0 Å². The quantitative estimate of drug-likeness (QED) is 0.371. The zero-order valence-electron chi connectivity index (χ0n) is 19.3. The van der Waals surface area contributed by atoms with Gasteiger partial charge in [0.25, 0.3) is 0 Å². The highest BCUT2D eigenvalue weighted by atomic mass is 35.5. The Balaban J connectivity index is 0.00000241. The van der Waals surface area contributed by atoms with E-state index in [-0.39, 0.29) is 12.4 Å². The lowest BCUT2D eigenvalue weighted by Gasteiger charge is -2.40. The van der Waals surface area contributed by atoms with Gasteiger partial charge in [-0.05, 0) is 73.4 Å².